The Morgan fingerprint density at radius 2 is 1.80 bits per heavy atom. The predicted octanol–water partition coefficient (Wildman–Crippen LogP) is 3.69. The molecular formula is C17H18O3. The molecule has 0 bridgehead atoms. The number of hydrogen-bond donors (Lipinski definition) is 1. The second-order valence-electron chi connectivity index (χ2n) is 5.03. The molecule has 1 heterocycles. The van der Waals surface area contributed by atoms with Crippen LogP contribution in [0.25, 0.3) is 0 Å². The van der Waals surface area contributed by atoms with Crippen LogP contribution >= 0.6 is 0 Å². The minimum Gasteiger partial charge on any atom is -0.457 e. The number of benzene rings is 2. The van der Waals surface area contributed by atoms with E-state index in [9.17, 15) is 5.11 Å². The van der Waals surface area contributed by atoms with Crippen molar-refractivity contribution in [2.45, 2.75) is 25.0 Å². The van der Waals surface area contributed by atoms with Crippen molar-refractivity contribution < 1.29 is 14.6 Å². The minimum atomic E-state index is -0.271. The van der Waals surface area contributed by atoms with Gasteiger partial charge in [0.1, 0.15) is 11.5 Å². The van der Waals surface area contributed by atoms with Gasteiger partial charge in [0.05, 0.1) is 12.2 Å². The van der Waals surface area contributed by atoms with Gasteiger partial charge in [-0.1, -0.05) is 30.3 Å². The van der Waals surface area contributed by atoms with Crippen LogP contribution in [-0.4, -0.2) is 17.8 Å². The van der Waals surface area contributed by atoms with E-state index in [0.29, 0.717) is 13.0 Å². The summed E-state index contributed by atoms with van der Waals surface area (Å²) in [6.07, 6.45) is 1.05. The van der Waals surface area contributed by atoms with Crippen LogP contribution in [0.5, 0.6) is 11.5 Å². The first-order valence-corrected chi connectivity index (χ1v) is 6.94. The Morgan fingerprint density at radius 3 is 2.60 bits per heavy atom. The monoisotopic (exact) mass is 270 g/mol. The van der Waals surface area contributed by atoms with Crippen LogP contribution in [0.4, 0.5) is 0 Å². The average Bonchev–Trinajstić information content (AvgIpc) is 2.49. The Bertz CT molecular complexity index is 553. The second-order valence-corrected chi connectivity index (χ2v) is 5.03. The van der Waals surface area contributed by atoms with E-state index in [1.54, 1.807) is 0 Å². The third kappa shape index (κ3) is 3.18. The molecule has 0 radical (unpaired) electrons. The fourth-order valence-electron chi connectivity index (χ4n) is 2.41. The molecule has 3 rings (SSSR count). The number of hydrogen-bond acceptors (Lipinski definition) is 3. The van der Waals surface area contributed by atoms with E-state index in [2.05, 4.69) is 0 Å². The number of rotatable bonds is 3. The summed E-state index contributed by atoms with van der Waals surface area (Å²) in [7, 11) is 0. The van der Waals surface area contributed by atoms with Gasteiger partial charge >= 0.3 is 0 Å². The molecule has 2 aromatic rings. The molecule has 1 aliphatic heterocycles. The van der Waals surface area contributed by atoms with Gasteiger partial charge in [-0.2, -0.15) is 0 Å². The number of ether oxygens (including phenoxy) is 2. The van der Waals surface area contributed by atoms with E-state index < -0.39 is 0 Å². The van der Waals surface area contributed by atoms with Crippen molar-refractivity contribution >= 4 is 0 Å². The molecule has 2 unspecified atom stereocenters. The van der Waals surface area contributed by atoms with Crippen molar-refractivity contribution in [2.75, 3.05) is 6.61 Å². The van der Waals surface area contributed by atoms with Gasteiger partial charge in [0, 0.05) is 13.0 Å². The molecule has 3 heteroatoms. The SMILES string of the molecule is OC1CCOC(c2cccc(Oc3ccccc3)c2)C1. The highest BCUT2D eigenvalue weighted by molar-refractivity contribution is 5.34. The molecule has 0 aromatic heterocycles. The van der Waals surface area contributed by atoms with E-state index in [1.165, 1.54) is 0 Å². The van der Waals surface area contributed by atoms with Crippen LogP contribution in [-0.2, 0) is 4.74 Å². The van der Waals surface area contributed by atoms with Gasteiger partial charge in [0.25, 0.3) is 0 Å². The highest BCUT2D eigenvalue weighted by Crippen LogP contribution is 2.31. The van der Waals surface area contributed by atoms with Gasteiger partial charge in [0.15, 0.2) is 0 Å². The van der Waals surface area contributed by atoms with Crippen molar-refractivity contribution in [1.82, 2.24) is 0 Å². The summed E-state index contributed by atoms with van der Waals surface area (Å²) in [5, 5.41) is 9.73. The molecule has 104 valence electrons. The molecule has 0 aliphatic carbocycles. The van der Waals surface area contributed by atoms with Crippen LogP contribution in [0.2, 0.25) is 0 Å². The molecular weight excluding hydrogens is 252 g/mol. The molecule has 1 fully saturated rings. The molecule has 20 heavy (non-hydrogen) atoms. The van der Waals surface area contributed by atoms with E-state index in [4.69, 9.17) is 9.47 Å². The zero-order valence-corrected chi connectivity index (χ0v) is 11.2. The second kappa shape index (κ2) is 6.07. The van der Waals surface area contributed by atoms with E-state index >= 15 is 0 Å². The molecule has 0 amide bonds. The Kier molecular flexibility index (Phi) is 4.00. The van der Waals surface area contributed by atoms with Gasteiger partial charge in [-0.3, -0.25) is 0 Å². The van der Waals surface area contributed by atoms with Gasteiger partial charge in [-0.15, -0.1) is 0 Å². The van der Waals surface area contributed by atoms with Crippen molar-refractivity contribution in [2.24, 2.45) is 0 Å². The van der Waals surface area contributed by atoms with Crippen LogP contribution in [0.15, 0.2) is 54.6 Å². The van der Waals surface area contributed by atoms with E-state index in [1.807, 2.05) is 54.6 Å². The van der Waals surface area contributed by atoms with Gasteiger partial charge in [0.2, 0.25) is 0 Å². The number of aliphatic hydroxyl groups excluding tert-OH is 1. The summed E-state index contributed by atoms with van der Waals surface area (Å²) in [4.78, 5) is 0. The lowest BCUT2D eigenvalue weighted by atomic mass is 9.99. The molecule has 1 saturated heterocycles. The lowest BCUT2D eigenvalue weighted by Crippen LogP contribution is -2.23. The summed E-state index contributed by atoms with van der Waals surface area (Å²) >= 11 is 0. The Morgan fingerprint density at radius 1 is 1.00 bits per heavy atom. The van der Waals surface area contributed by atoms with E-state index in [-0.39, 0.29) is 12.2 Å². The third-order valence-corrected chi connectivity index (χ3v) is 3.47. The molecule has 1 N–H and O–H groups in total. The summed E-state index contributed by atoms with van der Waals surface area (Å²) in [6.45, 7) is 0.607. The van der Waals surface area contributed by atoms with Gasteiger partial charge in [-0.05, 0) is 36.2 Å². The average molecular weight is 270 g/mol. The first kappa shape index (κ1) is 13.2. The quantitative estimate of drug-likeness (QED) is 0.924. The molecule has 3 nitrogen and oxygen atoms in total. The standard InChI is InChI=1S/C17H18O3/c18-14-9-10-19-17(12-14)13-5-4-8-16(11-13)20-15-6-2-1-3-7-15/h1-8,11,14,17-18H,9-10,12H2. The largest absolute Gasteiger partial charge is 0.457 e. The Balaban J connectivity index is 1.75. The van der Waals surface area contributed by atoms with Crippen LogP contribution in [0.1, 0.15) is 24.5 Å². The smallest absolute Gasteiger partial charge is 0.127 e. The molecule has 0 spiro atoms. The summed E-state index contributed by atoms with van der Waals surface area (Å²) in [6, 6.07) is 17.6. The zero-order valence-electron chi connectivity index (χ0n) is 11.2. The zero-order chi connectivity index (χ0) is 13.8. The lowest BCUT2D eigenvalue weighted by Gasteiger charge is -2.27. The highest BCUT2D eigenvalue weighted by atomic mass is 16.5. The molecule has 2 aromatic carbocycles. The fourth-order valence-corrected chi connectivity index (χ4v) is 2.41. The van der Waals surface area contributed by atoms with Gasteiger partial charge in [-0.25, -0.2) is 0 Å². The maximum absolute atomic E-state index is 9.73. The van der Waals surface area contributed by atoms with Crippen molar-refractivity contribution in [3.8, 4) is 11.5 Å². The Labute approximate surface area is 118 Å². The van der Waals surface area contributed by atoms with Crippen LogP contribution in [0.3, 0.4) is 0 Å². The van der Waals surface area contributed by atoms with Crippen molar-refractivity contribution in [1.29, 1.82) is 0 Å². The minimum absolute atomic E-state index is 0.0435. The highest BCUT2D eigenvalue weighted by Gasteiger charge is 2.22. The maximum Gasteiger partial charge on any atom is 0.127 e. The topological polar surface area (TPSA) is 38.7 Å². The Hall–Kier alpha value is -1.84. The first-order chi connectivity index (χ1) is 9.81. The predicted molar refractivity (Wildman–Crippen MR) is 76.9 cm³/mol. The normalized spacial score (nSPS) is 22.4. The van der Waals surface area contributed by atoms with Crippen molar-refractivity contribution in [3.05, 3.63) is 60.2 Å². The van der Waals surface area contributed by atoms with Crippen LogP contribution < -0.4 is 4.74 Å². The first-order valence-electron chi connectivity index (χ1n) is 6.94. The van der Waals surface area contributed by atoms with E-state index in [0.717, 1.165) is 23.5 Å². The van der Waals surface area contributed by atoms with Crippen LogP contribution in [0, 0.1) is 0 Å². The number of para-hydroxylation sites is 1. The number of aliphatic hydroxyl groups is 1. The third-order valence-electron chi connectivity index (χ3n) is 3.47. The summed E-state index contributed by atoms with van der Waals surface area (Å²) < 4.78 is 11.5. The van der Waals surface area contributed by atoms with Crippen molar-refractivity contribution in [3.63, 3.8) is 0 Å². The fraction of sp³-hybridized carbons (Fsp3) is 0.294. The van der Waals surface area contributed by atoms with Gasteiger partial charge < -0.3 is 14.6 Å². The molecule has 0 saturated carbocycles. The summed E-state index contributed by atoms with van der Waals surface area (Å²) in [5.41, 5.74) is 1.05. The maximum atomic E-state index is 9.73. The molecule has 2 atom stereocenters. The molecule has 1 aliphatic rings. The summed E-state index contributed by atoms with van der Waals surface area (Å²) in [5.74, 6) is 1.60. The lowest BCUT2D eigenvalue weighted by molar-refractivity contribution is -0.0448.